The van der Waals surface area contributed by atoms with Gasteiger partial charge in [0.15, 0.2) is 0 Å². The maximum atomic E-state index is 6.01. The molecule has 0 aromatic carbocycles. The van der Waals surface area contributed by atoms with Gasteiger partial charge >= 0.3 is 7.12 Å². The van der Waals surface area contributed by atoms with Gasteiger partial charge < -0.3 is 14.2 Å². The van der Waals surface area contributed by atoms with Crippen LogP contribution in [0.15, 0.2) is 12.4 Å². The van der Waals surface area contributed by atoms with Crippen LogP contribution >= 0.6 is 0 Å². The molecule has 2 fully saturated rings. The fourth-order valence-electron chi connectivity index (χ4n) is 2.77. The Kier molecular flexibility index (Phi) is 3.70. The summed E-state index contributed by atoms with van der Waals surface area (Å²) in [4.78, 5) is 11.2. The molecule has 1 aromatic rings. The standard InChI is InChI=1S/C15H24BN3O2/c1-14(2)15(3,4)21-16(20-14)9-12-10-17-13(18-11-12)19-7-5-6-8-19/h10-11H,5-9H2,1-4H3. The summed E-state index contributed by atoms with van der Waals surface area (Å²) < 4.78 is 12.0. The van der Waals surface area contributed by atoms with Crippen molar-refractivity contribution in [3.63, 3.8) is 0 Å². The molecule has 0 amide bonds. The molecule has 2 aliphatic rings. The van der Waals surface area contributed by atoms with Crippen LogP contribution in [0.25, 0.3) is 0 Å². The van der Waals surface area contributed by atoms with E-state index in [1.54, 1.807) is 0 Å². The smallest absolute Gasteiger partial charge is 0.403 e. The minimum absolute atomic E-state index is 0.226. The molecule has 2 aliphatic heterocycles. The van der Waals surface area contributed by atoms with E-state index in [4.69, 9.17) is 9.31 Å². The van der Waals surface area contributed by atoms with Gasteiger partial charge in [-0.15, -0.1) is 0 Å². The van der Waals surface area contributed by atoms with E-state index in [1.165, 1.54) is 12.8 Å². The maximum Gasteiger partial charge on any atom is 0.462 e. The highest BCUT2D eigenvalue weighted by atomic mass is 16.7. The predicted octanol–water partition coefficient (Wildman–Crippen LogP) is 2.25. The first kappa shape index (κ1) is 14.8. The second-order valence-corrected chi connectivity index (χ2v) is 6.98. The predicted molar refractivity (Wildman–Crippen MR) is 83.3 cm³/mol. The van der Waals surface area contributed by atoms with Crippen LogP contribution in [0.2, 0.25) is 0 Å². The average Bonchev–Trinajstić information content (AvgIpc) is 2.98. The second kappa shape index (κ2) is 5.25. The quantitative estimate of drug-likeness (QED) is 0.799. The number of hydrogen-bond donors (Lipinski definition) is 0. The van der Waals surface area contributed by atoms with E-state index in [1.807, 2.05) is 12.4 Å². The van der Waals surface area contributed by atoms with Crippen molar-refractivity contribution in [3.05, 3.63) is 18.0 Å². The summed E-state index contributed by atoms with van der Waals surface area (Å²) >= 11 is 0. The van der Waals surface area contributed by atoms with Gasteiger partial charge in [0.25, 0.3) is 0 Å². The van der Waals surface area contributed by atoms with E-state index in [9.17, 15) is 0 Å². The molecule has 114 valence electrons. The number of rotatable bonds is 3. The van der Waals surface area contributed by atoms with E-state index in [0.29, 0.717) is 6.32 Å². The van der Waals surface area contributed by atoms with Crippen molar-refractivity contribution in [2.75, 3.05) is 18.0 Å². The Balaban J connectivity index is 1.64. The SMILES string of the molecule is CC1(C)OB(Cc2cnc(N3CCCC3)nc2)OC1(C)C. The Hall–Kier alpha value is -1.14. The van der Waals surface area contributed by atoms with Gasteiger partial charge in [-0.1, -0.05) is 0 Å². The highest BCUT2D eigenvalue weighted by Crippen LogP contribution is 2.37. The summed E-state index contributed by atoms with van der Waals surface area (Å²) in [5.41, 5.74) is 0.485. The zero-order valence-corrected chi connectivity index (χ0v) is 13.4. The van der Waals surface area contributed by atoms with Crippen LogP contribution in [0.4, 0.5) is 5.95 Å². The Morgan fingerprint density at radius 2 is 1.57 bits per heavy atom. The third-order valence-corrected chi connectivity index (χ3v) is 4.79. The summed E-state index contributed by atoms with van der Waals surface area (Å²) in [5, 5.41) is 0. The zero-order valence-electron chi connectivity index (χ0n) is 13.4. The molecule has 6 heteroatoms. The lowest BCUT2D eigenvalue weighted by Gasteiger charge is -2.32. The Morgan fingerprint density at radius 1 is 1.05 bits per heavy atom. The molecule has 0 radical (unpaired) electrons. The van der Waals surface area contributed by atoms with Crippen LogP contribution < -0.4 is 4.90 Å². The number of hydrogen-bond acceptors (Lipinski definition) is 5. The van der Waals surface area contributed by atoms with E-state index < -0.39 is 0 Å². The third-order valence-electron chi connectivity index (χ3n) is 4.79. The molecule has 5 nitrogen and oxygen atoms in total. The molecule has 0 N–H and O–H groups in total. The minimum atomic E-state index is -0.284. The largest absolute Gasteiger partial charge is 0.462 e. The molecule has 1 aromatic heterocycles. The van der Waals surface area contributed by atoms with Gasteiger partial charge in [0.2, 0.25) is 5.95 Å². The van der Waals surface area contributed by atoms with E-state index >= 15 is 0 Å². The van der Waals surface area contributed by atoms with Crippen LogP contribution in [0.5, 0.6) is 0 Å². The molecule has 0 saturated carbocycles. The van der Waals surface area contributed by atoms with Crippen LogP contribution in [0, 0.1) is 0 Å². The third kappa shape index (κ3) is 2.92. The summed E-state index contributed by atoms with van der Waals surface area (Å²) in [6.45, 7) is 10.4. The van der Waals surface area contributed by atoms with Crippen molar-refractivity contribution in [3.8, 4) is 0 Å². The minimum Gasteiger partial charge on any atom is -0.403 e. The van der Waals surface area contributed by atoms with Crippen molar-refractivity contribution in [1.29, 1.82) is 0 Å². The monoisotopic (exact) mass is 289 g/mol. The van der Waals surface area contributed by atoms with E-state index in [2.05, 4.69) is 42.6 Å². The zero-order chi connectivity index (χ0) is 15.1. The molecule has 3 rings (SSSR count). The Labute approximate surface area is 127 Å². The molecule has 21 heavy (non-hydrogen) atoms. The molecule has 2 saturated heterocycles. The summed E-state index contributed by atoms with van der Waals surface area (Å²) in [5.74, 6) is 0.838. The normalized spacial score (nSPS) is 23.8. The topological polar surface area (TPSA) is 47.5 Å². The van der Waals surface area contributed by atoms with Gasteiger partial charge in [0.05, 0.1) is 11.2 Å². The second-order valence-electron chi connectivity index (χ2n) is 6.98. The summed E-state index contributed by atoms with van der Waals surface area (Å²) in [6.07, 6.45) is 6.95. The fourth-order valence-corrected chi connectivity index (χ4v) is 2.77. The average molecular weight is 289 g/mol. The first-order valence-corrected chi connectivity index (χ1v) is 7.79. The van der Waals surface area contributed by atoms with Crippen molar-refractivity contribution in [1.82, 2.24) is 9.97 Å². The molecule has 0 unspecified atom stereocenters. The Bertz CT molecular complexity index is 482. The molecule has 0 aliphatic carbocycles. The number of nitrogens with zero attached hydrogens (tertiary/aromatic N) is 3. The van der Waals surface area contributed by atoms with Crippen LogP contribution in [-0.2, 0) is 15.6 Å². The van der Waals surface area contributed by atoms with Crippen molar-refractivity contribution in [2.24, 2.45) is 0 Å². The number of aromatic nitrogens is 2. The molecule has 0 atom stereocenters. The van der Waals surface area contributed by atoms with E-state index in [0.717, 1.165) is 24.6 Å². The highest BCUT2D eigenvalue weighted by molar-refractivity contribution is 6.45. The van der Waals surface area contributed by atoms with Gasteiger partial charge in [-0.2, -0.15) is 0 Å². The van der Waals surface area contributed by atoms with Crippen LogP contribution in [0.3, 0.4) is 0 Å². The molecule has 0 bridgehead atoms. The molecular formula is C15H24BN3O2. The van der Waals surface area contributed by atoms with Crippen LogP contribution in [0.1, 0.15) is 46.1 Å². The van der Waals surface area contributed by atoms with Gasteiger partial charge in [0, 0.05) is 31.8 Å². The van der Waals surface area contributed by atoms with Crippen LogP contribution in [-0.4, -0.2) is 41.4 Å². The van der Waals surface area contributed by atoms with Gasteiger partial charge in [-0.3, -0.25) is 0 Å². The first-order chi connectivity index (χ1) is 9.87. The molecule has 0 spiro atoms. The van der Waals surface area contributed by atoms with Gasteiger partial charge in [-0.05, 0) is 46.1 Å². The Morgan fingerprint density at radius 3 is 2.10 bits per heavy atom. The van der Waals surface area contributed by atoms with E-state index in [-0.39, 0.29) is 18.3 Å². The summed E-state index contributed by atoms with van der Waals surface area (Å²) in [6, 6.07) is 0. The first-order valence-electron chi connectivity index (χ1n) is 7.79. The van der Waals surface area contributed by atoms with Gasteiger partial charge in [0.1, 0.15) is 0 Å². The lowest BCUT2D eigenvalue weighted by Crippen LogP contribution is -2.41. The molecule has 3 heterocycles. The fraction of sp³-hybridized carbons (Fsp3) is 0.733. The van der Waals surface area contributed by atoms with Crippen molar-refractivity contribution in [2.45, 2.75) is 58.1 Å². The van der Waals surface area contributed by atoms with Crippen molar-refractivity contribution < 1.29 is 9.31 Å². The lowest BCUT2D eigenvalue weighted by atomic mass is 9.82. The summed E-state index contributed by atoms with van der Waals surface area (Å²) in [7, 11) is -0.226. The van der Waals surface area contributed by atoms with Gasteiger partial charge in [-0.25, -0.2) is 9.97 Å². The highest BCUT2D eigenvalue weighted by Gasteiger charge is 2.50. The van der Waals surface area contributed by atoms with Crippen molar-refractivity contribution >= 4 is 13.1 Å². The number of anilines is 1. The maximum absolute atomic E-state index is 6.01. The lowest BCUT2D eigenvalue weighted by molar-refractivity contribution is 0.00578. The molecular weight excluding hydrogens is 265 g/mol.